The van der Waals surface area contributed by atoms with E-state index in [-0.39, 0.29) is 11.5 Å². The predicted molar refractivity (Wildman–Crippen MR) is 53.7 cm³/mol. The minimum Gasteiger partial charge on any atom is -0.455 e. The Kier molecular flexibility index (Phi) is 3.25. The van der Waals surface area contributed by atoms with Gasteiger partial charge in [-0.2, -0.15) is 0 Å². The van der Waals surface area contributed by atoms with Crippen LogP contribution in [0.3, 0.4) is 0 Å². The Morgan fingerprint density at radius 2 is 1.93 bits per heavy atom. The van der Waals surface area contributed by atoms with Gasteiger partial charge in [-0.3, -0.25) is 0 Å². The molecule has 0 spiro atoms. The van der Waals surface area contributed by atoms with Crippen molar-refractivity contribution in [1.29, 1.82) is 0 Å². The van der Waals surface area contributed by atoms with Crippen LogP contribution in [0.4, 0.5) is 0 Å². The molecule has 76 valence electrons. The molecule has 0 unspecified atom stereocenters. The summed E-state index contributed by atoms with van der Waals surface area (Å²) in [6, 6.07) is 8.96. The molecule has 1 aromatic carbocycles. The number of quaternary nitrogens is 1. The van der Waals surface area contributed by atoms with Gasteiger partial charge in [0, 0.05) is 0 Å². The van der Waals surface area contributed by atoms with Crippen molar-refractivity contribution in [3.05, 3.63) is 35.9 Å². The van der Waals surface area contributed by atoms with E-state index in [0.717, 1.165) is 0 Å². The lowest BCUT2D eigenvalue weighted by molar-refractivity contribution is -0.470. The number of hydrogen-bond acceptors (Lipinski definition) is 2. The largest absolute Gasteiger partial charge is 0.455 e. The molecule has 0 saturated carbocycles. The van der Waals surface area contributed by atoms with E-state index in [9.17, 15) is 4.79 Å². The normalized spacial score (nSPS) is 11.1. The number of rotatable bonds is 3. The van der Waals surface area contributed by atoms with E-state index in [1.807, 2.05) is 32.0 Å². The third-order valence-electron chi connectivity index (χ3n) is 1.60. The number of hydrogen-bond donors (Lipinski definition) is 1. The molecule has 1 aromatic rings. The van der Waals surface area contributed by atoms with Crippen molar-refractivity contribution in [2.24, 2.45) is 0 Å². The Morgan fingerprint density at radius 1 is 1.36 bits per heavy atom. The van der Waals surface area contributed by atoms with Gasteiger partial charge in [-0.05, 0) is 26.0 Å². The van der Waals surface area contributed by atoms with Gasteiger partial charge in [-0.1, -0.05) is 18.2 Å². The molecule has 0 aromatic heterocycles. The summed E-state index contributed by atoms with van der Waals surface area (Å²) in [5.41, 5.74) is 4.21. The van der Waals surface area contributed by atoms with Crippen LogP contribution in [0, 0.1) is 0 Å². The van der Waals surface area contributed by atoms with Crippen molar-refractivity contribution >= 4 is 5.97 Å². The highest BCUT2D eigenvalue weighted by atomic mass is 16.5. The Labute approximate surface area is 83.9 Å². The van der Waals surface area contributed by atoms with E-state index in [0.29, 0.717) is 12.2 Å². The molecule has 0 fully saturated rings. The molecule has 3 nitrogen and oxygen atoms in total. The lowest BCUT2D eigenvalue weighted by Gasteiger charge is -2.14. The second-order valence-electron chi connectivity index (χ2n) is 4.11. The first-order valence-corrected chi connectivity index (χ1v) is 4.56. The minimum atomic E-state index is -0.290. The Hall–Kier alpha value is -1.35. The van der Waals surface area contributed by atoms with E-state index in [1.54, 1.807) is 12.1 Å². The molecule has 0 atom stereocenters. The van der Waals surface area contributed by atoms with Crippen molar-refractivity contribution in [3.8, 4) is 0 Å². The molecule has 0 aliphatic rings. The van der Waals surface area contributed by atoms with Crippen LogP contribution in [0.2, 0.25) is 0 Å². The standard InChI is InChI=1S/C11H15NO2/c1-11(2,12)8-14-10(13)9-6-4-3-5-7-9/h3-7H,8,12H2,1-2H3/p+1. The first kappa shape index (κ1) is 10.7. The lowest BCUT2D eigenvalue weighted by Crippen LogP contribution is -2.71. The summed E-state index contributed by atoms with van der Waals surface area (Å²) in [6.45, 7) is 4.18. The van der Waals surface area contributed by atoms with Crippen LogP contribution in [0.15, 0.2) is 30.3 Å². The maximum Gasteiger partial charge on any atom is 0.338 e. The van der Waals surface area contributed by atoms with Crippen LogP contribution < -0.4 is 5.73 Å². The first-order chi connectivity index (χ1) is 6.49. The van der Waals surface area contributed by atoms with Gasteiger partial charge in [0.25, 0.3) is 0 Å². The molecule has 3 N–H and O–H groups in total. The van der Waals surface area contributed by atoms with E-state index in [4.69, 9.17) is 4.74 Å². The van der Waals surface area contributed by atoms with Crippen molar-refractivity contribution in [2.75, 3.05) is 6.61 Å². The van der Waals surface area contributed by atoms with Crippen molar-refractivity contribution < 1.29 is 15.3 Å². The number of carbonyl (C=O) groups excluding carboxylic acids is 1. The topological polar surface area (TPSA) is 53.9 Å². The second kappa shape index (κ2) is 4.24. The quantitative estimate of drug-likeness (QED) is 0.726. The smallest absolute Gasteiger partial charge is 0.338 e. The third kappa shape index (κ3) is 3.58. The second-order valence-corrected chi connectivity index (χ2v) is 4.11. The van der Waals surface area contributed by atoms with E-state index < -0.39 is 0 Å². The molecule has 0 radical (unpaired) electrons. The van der Waals surface area contributed by atoms with Gasteiger partial charge < -0.3 is 10.5 Å². The molecule has 0 saturated heterocycles. The summed E-state index contributed by atoms with van der Waals surface area (Å²) < 4.78 is 5.09. The zero-order chi connectivity index (χ0) is 10.6. The highest BCUT2D eigenvalue weighted by Crippen LogP contribution is 2.03. The van der Waals surface area contributed by atoms with Crippen molar-refractivity contribution in [3.63, 3.8) is 0 Å². The zero-order valence-electron chi connectivity index (χ0n) is 8.62. The highest BCUT2D eigenvalue weighted by Gasteiger charge is 2.18. The predicted octanol–water partition coefficient (Wildman–Crippen LogP) is 0.864. The fourth-order valence-corrected chi connectivity index (χ4v) is 0.918. The zero-order valence-corrected chi connectivity index (χ0v) is 8.62. The number of carbonyl (C=O) groups is 1. The van der Waals surface area contributed by atoms with Crippen LogP contribution in [-0.4, -0.2) is 18.1 Å². The molecule has 0 bridgehead atoms. The summed E-state index contributed by atoms with van der Waals surface area (Å²) in [6.07, 6.45) is 0. The fourth-order valence-electron chi connectivity index (χ4n) is 0.918. The monoisotopic (exact) mass is 194 g/mol. The Bertz CT molecular complexity index is 301. The molecule has 0 amide bonds. The highest BCUT2D eigenvalue weighted by molar-refractivity contribution is 5.89. The van der Waals surface area contributed by atoms with Crippen LogP contribution in [-0.2, 0) is 4.74 Å². The molecule has 0 aliphatic carbocycles. The molecule has 3 heteroatoms. The van der Waals surface area contributed by atoms with Gasteiger partial charge in [0.1, 0.15) is 12.1 Å². The average Bonchev–Trinajstić information content (AvgIpc) is 2.14. The van der Waals surface area contributed by atoms with Crippen molar-refractivity contribution in [1.82, 2.24) is 0 Å². The summed E-state index contributed by atoms with van der Waals surface area (Å²) in [5, 5.41) is 0. The van der Waals surface area contributed by atoms with Gasteiger partial charge >= 0.3 is 5.97 Å². The van der Waals surface area contributed by atoms with Gasteiger partial charge in [0.15, 0.2) is 0 Å². The molecule has 0 aliphatic heterocycles. The summed E-state index contributed by atoms with van der Waals surface area (Å²) in [7, 11) is 0. The van der Waals surface area contributed by atoms with Gasteiger partial charge in [-0.15, -0.1) is 0 Å². The maximum atomic E-state index is 11.4. The maximum absolute atomic E-state index is 11.4. The first-order valence-electron chi connectivity index (χ1n) is 4.56. The fraction of sp³-hybridized carbons (Fsp3) is 0.364. The SMILES string of the molecule is CC(C)([NH3+])COC(=O)c1ccccc1. The summed E-state index contributed by atoms with van der Waals surface area (Å²) in [4.78, 5) is 11.4. The van der Waals surface area contributed by atoms with Crippen LogP contribution in [0.25, 0.3) is 0 Å². The van der Waals surface area contributed by atoms with E-state index in [2.05, 4.69) is 5.73 Å². The van der Waals surface area contributed by atoms with Crippen LogP contribution >= 0.6 is 0 Å². The molecule has 14 heavy (non-hydrogen) atoms. The van der Waals surface area contributed by atoms with Crippen molar-refractivity contribution in [2.45, 2.75) is 19.4 Å². The molecule has 0 heterocycles. The average molecular weight is 194 g/mol. The molecular formula is C11H16NO2+. The van der Waals surface area contributed by atoms with E-state index >= 15 is 0 Å². The van der Waals surface area contributed by atoms with Crippen LogP contribution in [0.1, 0.15) is 24.2 Å². The van der Waals surface area contributed by atoms with Gasteiger partial charge in [0.05, 0.1) is 5.56 Å². The van der Waals surface area contributed by atoms with Gasteiger partial charge in [0.2, 0.25) is 0 Å². The Balaban J connectivity index is 2.52. The van der Waals surface area contributed by atoms with Crippen LogP contribution in [0.5, 0.6) is 0 Å². The Morgan fingerprint density at radius 3 is 2.43 bits per heavy atom. The van der Waals surface area contributed by atoms with Gasteiger partial charge in [-0.25, -0.2) is 4.79 Å². The molecule has 1 rings (SSSR count). The molecular weight excluding hydrogens is 178 g/mol. The van der Waals surface area contributed by atoms with E-state index in [1.165, 1.54) is 0 Å². The summed E-state index contributed by atoms with van der Waals surface area (Å²) in [5.74, 6) is -0.290. The minimum absolute atomic E-state index is 0.232. The lowest BCUT2D eigenvalue weighted by atomic mass is 10.1. The number of ether oxygens (including phenoxy) is 1. The number of esters is 1. The third-order valence-corrected chi connectivity index (χ3v) is 1.60. The summed E-state index contributed by atoms with van der Waals surface area (Å²) >= 11 is 0. The number of benzene rings is 1.